The van der Waals surface area contributed by atoms with Gasteiger partial charge in [-0.25, -0.2) is 4.57 Å². The Bertz CT molecular complexity index is 1400. The predicted molar refractivity (Wildman–Crippen MR) is 328 cm³/mol. The summed E-state index contributed by atoms with van der Waals surface area (Å²) < 4.78 is 30.7. The van der Waals surface area contributed by atoms with Gasteiger partial charge in [0.2, 0.25) is 5.91 Å². The Kier molecular flexibility index (Phi) is 55.2. The van der Waals surface area contributed by atoms with Crippen molar-refractivity contribution in [1.82, 2.24) is 5.32 Å². The molecule has 0 saturated carbocycles. The highest BCUT2D eigenvalue weighted by atomic mass is 31.2. The van der Waals surface area contributed by atoms with Gasteiger partial charge in [-0.1, -0.05) is 269 Å². The van der Waals surface area contributed by atoms with Gasteiger partial charge in [0.25, 0.3) is 0 Å². The van der Waals surface area contributed by atoms with E-state index < -0.39 is 20.0 Å². The Hall–Kier alpha value is -1.77. The molecule has 0 aliphatic carbocycles. The van der Waals surface area contributed by atoms with Gasteiger partial charge in [0.15, 0.2) is 0 Å². The number of hydrogen-bond acceptors (Lipinski definition) is 6. The molecule has 0 aliphatic heterocycles. The molecular formula is C66H128N2O7P+. The number of carbonyl (C=O) groups is 2. The lowest BCUT2D eigenvalue weighted by atomic mass is 10.0. The summed E-state index contributed by atoms with van der Waals surface area (Å²) in [5.74, 6) is -0.504. The lowest BCUT2D eigenvalue weighted by Gasteiger charge is -2.27. The molecular weight excluding hydrogens is 964 g/mol. The van der Waals surface area contributed by atoms with Gasteiger partial charge in [-0.3, -0.25) is 18.6 Å². The normalized spacial score (nSPS) is 13.8. The molecule has 0 rings (SSSR count). The van der Waals surface area contributed by atoms with Crippen LogP contribution in [0.5, 0.6) is 0 Å². The standard InChI is InChI=1S/C66H127N2O7P/c1-7-10-13-16-19-22-25-27-28-29-30-31-32-33-34-35-36-37-38-39-40-41-44-47-50-53-56-59-66(70)75-64(57-54-51-48-45-43-26-23-20-17-14-11-8-2)63(62-74-76(71,72)73-61-60-68(4,5)6)67-65(69)58-55-52-49-46-42-24-21-18-15-12-9-3/h18,21,27-28,54,57,63-64H,7-17,19-20,22-26,29-53,55-56,58-62H2,1-6H3,(H-,67,69,71,72)/p+1/b21-18-,28-27+,57-54-. The first-order valence-corrected chi connectivity index (χ1v) is 34.3. The number of allylic oxidation sites excluding steroid dienone is 5. The molecule has 0 radical (unpaired) electrons. The fourth-order valence-electron chi connectivity index (χ4n) is 9.68. The average molecular weight is 1090 g/mol. The van der Waals surface area contributed by atoms with Crippen molar-refractivity contribution in [3.63, 3.8) is 0 Å². The number of phosphoric ester groups is 1. The van der Waals surface area contributed by atoms with Gasteiger partial charge in [-0.15, -0.1) is 0 Å². The van der Waals surface area contributed by atoms with Crippen molar-refractivity contribution >= 4 is 19.7 Å². The average Bonchev–Trinajstić information content (AvgIpc) is 3.38. The van der Waals surface area contributed by atoms with Crippen LogP contribution in [0.4, 0.5) is 0 Å². The smallest absolute Gasteiger partial charge is 0.456 e. The maximum absolute atomic E-state index is 13.5. The summed E-state index contributed by atoms with van der Waals surface area (Å²) in [6.45, 7) is 6.99. The molecule has 10 heteroatoms. The molecule has 3 unspecified atom stereocenters. The highest BCUT2D eigenvalue weighted by molar-refractivity contribution is 7.47. The number of amides is 1. The van der Waals surface area contributed by atoms with Crippen LogP contribution < -0.4 is 5.32 Å². The second-order valence-electron chi connectivity index (χ2n) is 23.6. The van der Waals surface area contributed by atoms with Gasteiger partial charge in [0, 0.05) is 12.8 Å². The van der Waals surface area contributed by atoms with Gasteiger partial charge < -0.3 is 19.4 Å². The number of unbranched alkanes of at least 4 members (excludes halogenated alkanes) is 40. The molecule has 3 atom stereocenters. The molecule has 2 N–H and O–H groups in total. The van der Waals surface area contributed by atoms with Crippen LogP contribution in [0.2, 0.25) is 0 Å². The quantitative estimate of drug-likeness (QED) is 0.0205. The summed E-state index contributed by atoms with van der Waals surface area (Å²) >= 11 is 0. The van der Waals surface area contributed by atoms with E-state index in [1.54, 1.807) is 0 Å². The third-order valence-corrected chi connectivity index (χ3v) is 15.8. The number of hydrogen-bond donors (Lipinski definition) is 2. The van der Waals surface area contributed by atoms with Crippen LogP contribution in [-0.4, -0.2) is 74.3 Å². The first kappa shape index (κ1) is 74.2. The number of ether oxygens (including phenoxy) is 1. The zero-order chi connectivity index (χ0) is 55.7. The van der Waals surface area contributed by atoms with Crippen LogP contribution in [0, 0.1) is 0 Å². The Balaban J connectivity index is 4.94. The molecule has 0 aromatic rings. The van der Waals surface area contributed by atoms with E-state index in [0.29, 0.717) is 23.9 Å². The molecule has 0 aromatic heterocycles. The molecule has 1 amide bonds. The van der Waals surface area contributed by atoms with Crippen molar-refractivity contribution in [2.24, 2.45) is 0 Å². The third-order valence-electron chi connectivity index (χ3n) is 14.8. The number of esters is 1. The molecule has 0 spiro atoms. The number of phosphoric acid groups is 1. The monoisotopic (exact) mass is 1090 g/mol. The summed E-state index contributed by atoms with van der Waals surface area (Å²) in [4.78, 5) is 37.6. The first-order chi connectivity index (χ1) is 36.9. The lowest BCUT2D eigenvalue weighted by molar-refractivity contribution is -0.870. The van der Waals surface area contributed by atoms with Gasteiger partial charge in [-0.05, 0) is 76.7 Å². The van der Waals surface area contributed by atoms with Crippen LogP contribution in [0.25, 0.3) is 0 Å². The molecule has 0 aromatic carbocycles. The molecule has 76 heavy (non-hydrogen) atoms. The maximum atomic E-state index is 13.5. The van der Waals surface area contributed by atoms with Crippen LogP contribution in [0.3, 0.4) is 0 Å². The van der Waals surface area contributed by atoms with E-state index in [2.05, 4.69) is 50.4 Å². The van der Waals surface area contributed by atoms with E-state index in [1.165, 1.54) is 205 Å². The van der Waals surface area contributed by atoms with Crippen molar-refractivity contribution in [1.29, 1.82) is 0 Å². The van der Waals surface area contributed by atoms with Crippen LogP contribution in [0.15, 0.2) is 36.5 Å². The Morgan fingerprint density at radius 2 is 0.776 bits per heavy atom. The van der Waals surface area contributed by atoms with Crippen molar-refractivity contribution in [2.45, 2.75) is 335 Å². The summed E-state index contributed by atoms with van der Waals surface area (Å²) in [6.07, 6.45) is 68.8. The van der Waals surface area contributed by atoms with E-state index in [4.69, 9.17) is 13.8 Å². The summed E-state index contributed by atoms with van der Waals surface area (Å²) in [5.41, 5.74) is 0. The number of rotatable bonds is 60. The van der Waals surface area contributed by atoms with Crippen molar-refractivity contribution in [3.05, 3.63) is 36.5 Å². The maximum Gasteiger partial charge on any atom is 0.472 e. The van der Waals surface area contributed by atoms with E-state index in [1.807, 2.05) is 33.3 Å². The molecule has 0 fully saturated rings. The highest BCUT2D eigenvalue weighted by Gasteiger charge is 2.30. The van der Waals surface area contributed by atoms with Crippen molar-refractivity contribution in [3.8, 4) is 0 Å². The zero-order valence-electron chi connectivity index (χ0n) is 51.3. The Labute approximate surface area is 472 Å². The van der Waals surface area contributed by atoms with Gasteiger partial charge >= 0.3 is 13.8 Å². The summed E-state index contributed by atoms with van der Waals surface area (Å²) in [5, 5.41) is 3.05. The summed E-state index contributed by atoms with van der Waals surface area (Å²) in [7, 11) is 1.50. The van der Waals surface area contributed by atoms with E-state index >= 15 is 0 Å². The fraction of sp³-hybridized carbons (Fsp3) is 0.879. The zero-order valence-corrected chi connectivity index (χ0v) is 52.2. The molecule has 0 saturated heterocycles. The van der Waals surface area contributed by atoms with Gasteiger partial charge in [-0.2, -0.15) is 0 Å². The van der Waals surface area contributed by atoms with Gasteiger partial charge in [0.1, 0.15) is 19.3 Å². The topological polar surface area (TPSA) is 111 Å². The minimum Gasteiger partial charge on any atom is -0.456 e. The predicted octanol–water partition coefficient (Wildman–Crippen LogP) is 20.3. The Morgan fingerprint density at radius 3 is 1.16 bits per heavy atom. The first-order valence-electron chi connectivity index (χ1n) is 32.8. The van der Waals surface area contributed by atoms with Crippen LogP contribution in [0.1, 0.15) is 323 Å². The van der Waals surface area contributed by atoms with E-state index in [-0.39, 0.29) is 25.1 Å². The SMILES string of the molecule is CCCC/C=C\CCCCCCCC(=O)NC(COP(=O)(O)OCC[N+](C)(C)C)C(/C=C\CCCCCCCCCCCC)OC(=O)CCCCCCCCCCCCCCCCCCC/C=C/CCCCCCCC. The number of likely N-dealkylation sites (N-methyl/N-ethyl adjacent to an activating group) is 1. The molecule has 448 valence electrons. The minimum atomic E-state index is -4.44. The summed E-state index contributed by atoms with van der Waals surface area (Å²) in [6, 6.07) is -0.848. The molecule has 0 aliphatic rings. The largest absolute Gasteiger partial charge is 0.472 e. The number of nitrogens with one attached hydrogen (secondary N) is 1. The van der Waals surface area contributed by atoms with Gasteiger partial charge in [0.05, 0.1) is 33.8 Å². The Morgan fingerprint density at radius 1 is 0.447 bits per heavy atom. The van der Waals surface area contributed by atoms with E-state index in [9.17, 15) is 19.0 Å². The third kappa shape index (κ3) is 56.9. The minimum absolute atomic E-state index is 0.0408. The van der Waals surface area contributed by atoms with Crippen LogP contribution >= 0.6 is 7.82 Å². The van der Waals surface area contributed by atoms with E-state index in [0.717, 1.165) is 83.5 Å². The van der Waals surface area contributed by atoms with Crippen LogP contribution in [-0.2, 0) is 27.9 Å². The van der Waals surface area contributed by atoms with Crippen molar-refractivity contribution < 1.29 is 37.3 Å². The lowest BCUT2D eigenvalue weighted by Crippen LogP contribution is -2.47. The van der Waals surface area contributed by atoms with Crippen molar-refractivity contribution in [2.75, 3.05) is 40.9 Å². The number of nitrogens with zero attached hydrogens (tertiary/aromatic N) is 1. The molecule has 0 heterocycles. The fourth-order valence-corrected chi connectivity index (χ4v) is 10.4. The molecule has 9 nitrogen and oxygen atoms in total. The number of carbonyl (C=O) groups excluding carboxylic acids is 2. The highest BCUT2D eigenvalue weighted by Crippen LogP contribution is 2.43. The molecule has 0 bridgehead atoms. The second-order valence-corrected chi connectivity index (χ2v) is 25.1. The second kappa shape index (κ2) is 56.5. The number of quaternary nitrogens is 1.